The van der Waals surface area contributed by atoms with Crippen LogP contribution in [0.2, 0.25) is 0 Å². The van der Waals surface area contributed by atoms with E-state index in [0.717, 1.165) is 6.42 Å². The Morgan fingerprint density at radius 2 is 1.66 bits per heavy atom. The highest BCUT2D eigenvalue weighted by atomic mass is 32.2. The summed E-state index contributed by atoms with van der Waals surface area (Å²) >= 11 is 2.00. The maximum Gasteiger partial charge on any atom is 0.0215 e. The molecule has 2 aromatic carbocycles. The minimum atomic E-state index is -0.137. The Balaban J connectivity index is 2.70. The summed E-state index contributed by atoms with van der Waals surface area (Å²) in [6.07, 6.45) is 9.90. The highest BCUT2D eigenvalue weighted by Gasteiger charge is 2.32. The molecule has 0 amide bonds. The SMILES string of the molecule is C/C=C/C=C(\C=C(C)C)C(C)(Cc1ccccc1)c1cc(C)cc(SC(C)(C)C(C)C)c1. The summed E-state index contributed by atoms with van der Waals surface area (Å²) in [5.74, 6) is 0.600. The number of hydrogen-bond donors (Lipinski definition) is 0. The van der Waals surface area contributed by atoms with Crippen molar-refractivity contribution in [3.63, 3.8) is 0 Å². The molecule has 0 aliphatic rings. The first-order valence-electron chi connectivity index (χ1n) is 11.8. The van der Waals surface area contributed by atoms with Gasteiger partial charge in [-0.2, -0.15) is 0 Å². The summed E-state index contributed by atoms with van der Waals surface area (Å²) in [7, 11) is 0. The topological polar surface area (TPSA) is 0 Å². The molecule has 0 radical (unpaired) electrons. The summed E-state index contributed by atoms with van der Waals surface area (Å²) in [6.45, 7) is 20.4. The van der Waals surface area contributed by atoms with Crippen LogP contribution in [0.1, 0.15) is 72.1 Å². The quantitative estimate of drug-likeness (QED) is 0.273. The fourth-order valence-electron chi connectivity index (χ4n) is 3.82. The molecule has 0 aliphatic heterocycles. The fourth-order valence-corrected chi connectivity index (χ4v) is 5.10. The number of aryl methyl sites for hydroxylation is 1. The van der Waals surface area contributed by atoms with E-state index in [-0.39, 0.29) is 10.2 Å². The third kappa shape index (κ3) is 7.01. The van der Waals surface area contributed by atoms with Crippen molar-refractivity contribution in [3.05, 3.63) is 101 Å². The van der Waals surface area contributed by atoms with Crippen LogP contribution in [-0.4, -0.2) is 4.75 Å². The highest BCUT2D eigenvalue weighted by molar-refractivity contribution is 8.00. The maximum atomic E-state index is 2.44. The molecule has 0 bridgehead atoms. The van der Waals surface area contributed by atoms with Gasteiger partial charge in [0.05, 0.1) is 0 Å². The molecule has 0 heterocycles. The van der Waals surface area contributed by atoms with E-state index in [1.54, 1.807) is 0 Å². The van der Waals surface area contributed by atoms with Crippen molar-refractivity contribution in [1.29, 1.82) is 0 Å². The zero-order valence-corrected chi connectivity index (χ0v) is 22.4. The Hall–Kier alpha value is -1.99. The molecule has 32 heavy (non-hydrogen) atoms. The Labute approximate surface area is 201 Å². The number of benzene rings is 2. The number of rotatable bonds is 9. The minimum Gasteiger partial charge on any atom is -0.120 e. The van der Waals surface area contributed by atoms with Crippen LogP contribution in [0, 0.1) is 12.8 Å². The van der Waals surface area contributed by atoms with E-state index in [1.807, 2.05) is 11.8 Å². The molecular formula is C31H42S. The first-order chi connectivity index (χ1) is 15.0. The lowest BCUT2D eigenvalue weighted by atomic mass is 9.70. The van der Waals surface area contributed by atoms with Gasteiger partial charge in [-0.1, -0.05) is 101 Å². The predicted octanol–water partition coefficient (Wildman–Crippen LogP) is 9.49. The Kier molecular flexibility index (Phi) is 9.22. The average molecular weight is 447 g/mol. The van der Waals surface area contributed by atoms with Crippen molar-refractivity contribution in [2.24, 2.45) is 5.92 Å². The molecule has 0 fully saturated rings. The van der Waals surface area contributed by atoms with E-state index in [4.69, 9.17) is 0 Å². The number of hydrogen-bond acceptors (Lipinski definition) is 1. The van der Waals surface area contributed by atoms with Crippen molar-refractivity contribution >= 4 is 11.8 Å². The van der Waals surface area contributed by atoms with Crippen LogP contribution >= 0.6 is 11.8 Å². The highest BCUT2D eigenvalue weighted by Crippen LogP contribution is 2.43. The minimum absolute atomic E-state index is 0.137. The molecule has 1 unspecified atom stereocenters. The standard InChI is InChI=1S/C31H42S/c1-10-11-17-27(18-23(2)3)31(9,22-26-15-13-12-14-16-26)28-19-25(6)20-29(21-28)32-30(7,8)24(4)5/h10-21,24H,22H2,1-9H3/b11-10+,27-17+. The van der Waals surface area contributed by atoms with Gasteiger partial charge in [-0.15, -0.1) is 11.8 Å². The van der Waals surface area contributed by atoms with E-state index in [1.165, 1.54) is 32.7 Å². The van der Waals surface area contributed by atoms with Crippen molar-refractivity contribution < 1.29 is 0 Å². The van der Waals surface area contributed by atoms with Crippen molar-refractivity contribution in [2.75, 3.05) is 0 Å². The van der Waals surface area contributed by atoms with E-state index in [2.05, 4.69) is 135 Å². The third-order valence-electron chi connectivity index (χ3n) is 6.41. The molecule has 1 heteroatoms. The summed E-state index contributed by atoms with van der Waals surface area (Å²) in [5, 5.41) is 0. The van der Waals surface area contributed by atoms with Gasteiger partial charge in [-0.05, 0) is 74.4 Å². The van der Waals surface area contributed by atoms with E-state index in [0.29, 0.717) is 5.92 Å². The molecule has 0 aliphatic carbocycles. The molecule has 172 valence electrons. The lowest BCUT2D eigenvalue weighted by Crippen LogP contribution is -2.28. The van der Waals surface area contributed by atoms with Crippen LogP contribution in [0.25, 0.3) is 0 Å². The number of allylic oxidation sites excluding steroid dienone is 6. The Bertz CT molecular complexity index is 969. The smallest absolute Gasteiger partial charge is 0.0215 e. The Morgan fingerprint density at radius 3 is 2.22 bits per heavy atom. The van der Waals surface area contributed by atoms with Gasteiger partial charge in [0.1, 0.15) is 0 Å². The zero-order chi connectivity index (χ0) is 23.9. The van der Waals surface area contributed by atoms with Crippen LogP contribution < -0.4 is 0 Å². The van der Waals surface area contributed by atoms with Gasteiger partial charge in [-0.25, -0.2) is 0 Å². The monoisotopic (exact) mass is 446 g/mol. The van der Waals surface area contributed by atoms with Crippen LogP contribution in [0.4, 0.5) is 0 Å². The normalized spacial score (nSPS) is 14.6. The van der Waals surface area contributed by atoms with Crippen molar-refractivity contribution in [3.8, 4) is 0 Å². The second kappa shape index (κ2) is 11.2. The maximum absolute atomic E-state index is 2.44. The lowest BCUT2D eigenvalue weighted by molar-refractivity contribution is 0.503. The third-order valence-corrected chi connectivity index (χ3v) is 7.88. The van der Waals surface area contributed by atoms with E-state index < -0.39 is 0 Å². The largest absolute Gasteiger partial charge is 0.120 e. The molecule has 0 aromatic heterocycles. The molecular weight excluding hydrogens is 404 g/mol. The van der Waals surface area contributed by atoms with Gasteiger partial charge in [0.15, 0.2) is 0 Å². The summed E-state index contributed by atoms with van der Waals surface area (Å²) in [6, 6.07) is 18.1. The van der Waals surface area contributed by atoms with Crippen LogP contribution in [0.5, 0.6) is 0 Å². The molecule has 2 aromatic rings. The lowest BCUT2D eigenvalue weighted by Gasteiger charge is -2.34. The van der Waals surface area contributed by atoms with Gasteiger partial charge < -0.3 is 0 Å². The molecule has 0 saturated carbocycles. The average Bonchev–Trinajstić information content (AvgIpc) is 2.70. The van der Waals surface area contributed by atoms with Crippen molar-refractivity contribution in [1.82, 2.24) is 0 Å². The first kappa shape index (κ1) is 26.3. The van der Waals surface area contributed by atoms with Crippen LogP contribution in [-0.2, 0) is 11.8 Å². The summed E-state index contributed by atoms with van der Waals surface area (Å²) < 4.78 is 0.185. The zero-order valence-electron chi connectivity index (χ0n) is 21.6. The molecule has 0 nitrogen and oxygen atoms in total. The predicted molar refractivity (Wildman–Crippen MR) is 146 cm³/mol. The van der Waals surface area contributed by atoms with Gasteiger partial charge in [0, 0.05) is 15.1 Å². The van der Waals surface area contributed by atoms with Crippen LogP contribution in [0.3, 0.4) is 0 Å². The molecule has 0 saturated heterocycles. The second-order valence-electron chi connectivity index (χ2n) is 10.3. The molecule has 1 atom stereocenters. The van der Waals surface area contributed by atoms with Gasteiger partial charge in [0.2, 0.25) is 0 Å². The van der Waals surface area contributed by atoms with E-state index in [9.17, 15) is 0 Å². The molecule has 0 N–H and O–H groups in total. The van der Waals surface area contributed by atoms with E-state index >= 15 is 0 Å². The summed E-state index contributed by atoms with van der Waals surface area (Å²) in [4.78, 5) is 1.36. The Morgan fingerprint density at radius 1 is 1.00 bits per heavy atom. The summed E-state index contributed by atoms with van der Waals surface area (Å²) in [5.41, 5.74) is 6.61. The van der Waals surface area contributed by atoms with Gasteiger partial charge in [-0.3, -0.25) is 0 Å². The van der Waals surface area contributed by atoms with Gasteiger partial charge in [0.25, 0.3) is 0 Å². The van der Waals surface area contributed by atoms with Crippen LogP contribution in [0.15, 0.2) is 88.9 Å². The first-order valence-corrected chi connectivity index (χ1v) is 12.6. The van der Waals surface area contributed by atoms with Gasteiger partial charge >= 0.3 is 0 Å². The molecule has 0 spiro atoms. The second-order valence-corrected chi connectivity index (χ2v) is 12.0. The molecule has 2 rings (SSSR count). The fraction of sp³-hybridized carbons (Fsp3) is 0.419. The van der Waals surface area contributed by atoms with Crippen molar-refractivity contribution in [2.45, 2.75) is 83.8 Å². The number of thioether (sulfide) groups is 1.